The van der Waals surface area contributed by atoms with Crippen LogP contribution in [0.2, 0.25) is 5.02 Å². The summed E-state index contributed by atoms with van der Waals surface area (Å²) in [5.41, 5.74) is 0.104. The lowest BCUT2D eigenvalue weighted by atomic mass is 10.0. The summed E-state index contributed by atoms with van der Waals surface area (Å²) in [6, 6.07) is 2.10. The summed E-state index contributed by atoms with van der Waals surface area (Å²) in [5.74, 6) is -0.469. The fraction of sp³-hybridized carbons (Fsp3) is 0.600. The van der Waals surface area contributed by atoms with Crippen LogP contribution in [0.1, 0.15) is 43.0 Å². The Morgan fingerprint density at radius 2 is 2.38 bits per heavy atom. The molecule has 2 N–H and O–H groups in total. The van der Waals surface area contributed by atoms with Gasteiger partial charge in [0.25, 0.3) is 0 Å². The van der Waals surface area contributed by atoms with E-state index in [4.69, 9.17) is 16.7 Å². The molecule has 2 heterocycles. The second-order valence-corrected chi connectivity index (χ2v) is 5.93. The van der Waals surface area contributed by atoms with Crippen LogP contribution in [0.3, 0.4) is 0 Å². The Kier molecular flexibility index (Phi) is 5.82. The van der Waals surface area contributed by atoms with Crippen molar-refractivity contribution in [3.05, 3.63) is 22.8 Å². The van der Waals surface area contributed by atoms with E-state index in [1.165, 1.54) is 38.1 Å². The van der Waals surface area contributed by atoms with Crippen LogP contribution in [0.15, 0.2) is 12.3 Å². The van der Waals surface area contributed by atoms with Crippen LogP contribution in [0.5, 0.6) is 0 Å². The molecule has 1 atom stereocenters. The number of carbonyl (C=O) groups is 1. The molecule has 0 saturated carbocycles. The van der Waals surface area contributed by atoms with Crippen molar-refractivity contribution in [1.29, 1.82) is 0 Å². The molecule has 1 saturated heterocycles. The van der Waals surface area contributed by atoms with Crippen molar-refractivity contribution in [3.8, 4) is 0 Å². The molecule has 0 aliphatic carbocycles. The SMILES string of the molecule is CC1CCCCN1CCCNc1ncc(C(=O)O)cc1Cl. The fourth-order valence-electron chi connectivity index (χ4n) is 2.66. The van der Waals surface area contributed by atoms with E-state index in [9.17, 15) is 4.79 Å². The maximum atomic E-state index is 10.8. The molecule has 1 aliphatic heterocycles. The van der Waals surface area contributed by atoms with Crippen LogP contribution in [0.4, 0.5) is 5.82 Å². The second kappa shape index (κ2) is 7.61. The lowest BCUT2D eigenvalue weighted by Crippen LogP contribution is -2.38. The number of carboxylic acid groups (broad SMARTS) is 1. The quantitative estimate of drug-likeness (QED) is 0.790. The van der Waals surface area contributed by atoms with E-state index in [2.05, 4.69) is 22.1 Å². The number of likely N-dealkylation sites (tertiary alicyclic amines) is 1. The maximum Gasteiger partial charge on any atom is 0.337 e. The van der Waals surface area contributed by atoms with Gasteiger partial charge in [-0.1, -0.05) is 18.0 Å². The van der Waals surface area contributed by atoms with Gasteiger partial charge in [-0.2, -0.15) is 0 Å². The lowest BCUT2D eigenvalue weighted by molar-refractivity contribution is 0.0696. The molecule has 6 heteroatoms. The molecule has 0 amide bonds. The van der Waals surface area contributed by atoms with Gasteiger partial charge in [-0.05, 0) is 38.8 Å². The van der Waals surface area contributed by atoms with E-state index in [1.807, 2.05) is 0 Å². The van der Waals surface area contributed by atoms with Gasteiger partial charge in [0.1, 0.15) is 5.82 Å². The molecular formula is C15H22ClN3O2. The fourth-order valence-corrected chi connectivity index (χ4v) is 2.90. The molecule has 21 heavy (non-hydrogen) atoms. The molecule has 1 aromatic heterocycles. The molecule has 1 aliphatic rings. The number of hydrogen-bond donors (Lipinski definition) is 2. The topological polar surface area (TPSA) is 65.5 Å². The molecule has 2 rings (SSSR count). The Labute approximate surface area is 130 Å². The maximum absolute atomic E-state index is 10.8. The zero-order valence-electron chi connectivity index (χ0n) is 12.3. The normalized spacial score (nSPS) is 19.4. The van der Waals surface area contributed by atoms with Crippen LogP contribution in [0.25, 0.3) is 0 Å². The number of hydrogen-bond acceptors (Lipinski definition) is 4. The van der Waals surface area contributed by atoms with Gasteiger partial charge in [-0.25, -0.2) is 9.78 Å². The number of pyridine rings is 1. The highest BCUT2D eigenvalue weighted by molar-refractivity contribution is 6.33. The number of aromatic carboxylic acids is 1. The smallest absolute Gasteiger partial charge is 0.337 e. The predicted octanol–water partition coefficient (Wildman–Crippen LogP) is 3.11. The van der Waals surface area contributed by atoms with E-state index in [0.29, 0.717) is 16.9 Å². The second-order valence-electron chi connectivity index (χ2n) is 5.52. The van der Waals surface area contributed by atoms with E-state index in [1.54, 1.807) is 0 Å². The molecular weight excluding hydrogens is 290 g/mol. The number of piperidine rings is 1. The van der Waals surface area contributed by atoms with Gasteiger partial charge in [-0.3, -0.25) is 0 Å². The summed E-state index contributed by atoms with van der Waals surface area (Å²) in [6.07, 6.45) is 6.26. The minimum absolute atomic E-state index is 0.104. The molecule has 5 nitrogen and oxygen atoms in total. The van der Waals surface area contributed by atoms with E-state index >= 15 is 0 Å². The van der Waals surface area contributed by atoms with Crippen LogP contribution < -0.4 is 5.32 Å². The minimum atomic E-state index is -1.02. The van der Waals surface area contributed by atoms with E-state index < -0.39 is 5.97 Å². The molecule has 0 aromatic carbocycles. The Morgan fingerprint density at radius 3 is 3.05 bits per heavy atom. The number of nitrogens with zero attached hydrogens (tertiary/aromatic N) is 2. The zero-order chi connectivity index (χ0) is 15.2. The molecule has 0 spiro atoms. The summed E-state index contributed by atoms with van der Waals surface area (Å²) in [6.45, 7) is 5.32. The highest BCUT2D eigenvalue weighted by atomic mass is 35.5. The average molecular weight is 312 g/mol. The summed E-state index contributed by atoms with van der Waals surface area (Å²) < 4.78 is 0. The van der Waals surface area contributed by atoms with Crippen LogP contribution in [-0.2, 0) is 0 Å². The first kappa shape index (κ1) is 16.0. The van der Waals surface area contributed by atoms with Crippen molar-refractivity contribution < 1.29 is 9.90 Å². The Balaban J connectivity index is 1.77. The summed E-state index contributed by atoms with van der Waals surface area (Å²) in [7, 11) is 0. The lowest BCUT2D eigenvalue weighted by Gasteiger charge is -2.33. The summed E-state index contributed by atoms with van der Waals surface area (Å²) >= 11 is 6.03. The largest absolute Gasteiger partial charge is 0.478 e. The third kappa shape index (κ3) is 4.58. The van der Waals surface area contributed by atoms with Crippen molar-refractivity contribution in [3.63, 3.8) is 0 Å². The number of rotatable bonds is 6. The monoisotopic (exact) mass is 311 g/mol. The molecule has 1 unspecified atom stereocenters. The first-order chi connectivity index (χ1) is 10.1. The van der Waals surface area contributed by atoms with Gasteiger partial charge < -0.3 is 15.3 Å². The summed E-state index contributed by atoms with van der Waals surface area (Å²) in [5, 5.41) is 12.4. The highest BCUT2D eigenvalue weighted by Gasteiger charge is 2.17. The number of aromatic nitrogens is 1. The standard InChI is InChI=1S/C15H22ClN3O2/c1-11-5-2-3-7-19(11)8-4-6-17-14-13(16)9-12(10-18-14)15(20)21/h9-11H,2-8H2,1H3,(H,17,18)(H,20,21). The van der Waals surface area contributed by atoms with Gasteiger partial charge in [0.2, 0.25) is 0 Å². The van der Waals surface area contributed by atoms with Crippen LogP contribution >= 0.6 is 11.6 Å². The van der Waals surface area contributed by atoms with Crippen molar-refractivity contribution >= 4 is 23.4 Å². The number of carboxylic acids is 1. The third-order valence-electron chi connectivity index (χ3n) is 3.94. The molecule has 1 fully saturated rings. The molecule has 1 aromatic rings. The van der Waals surface area contributed by atoms with Gasteiger partial charge in [0, 0.05) is 25.3 Å². The van der Waals surface area contributed by atoms with Crippen molar-refractivity contribution in [2.24, 2.45) is 0 Å². The molecule has 0 bridgehead atoms. The Hall–Kier alpha value is -1.33. The average Bonchev–Trinajstić information content (AvgIpc) is 2.46. The molecule has 116 valence electrons. The third-order valence-corrected chi connectivity index (χ3v) is 4.23. The Morgan fingerprint density at radius 1 is 1.57 bits per heavy atom. The predicted molar refractivity (Wildman–Crippen MR) is 84.2 cm³/mol. The highest BCUT2D eigenvalue weighted by Crippen LogP contribution is 2.20. The van der Waals surface area contributed by atoms with Crippen LogP contribution in [0, 0.1) is 0 Å². The van der Waals surface area contributed by atoms with E-state index in [0.717, 1.165) is 19.5 Å². The summed E-state index contributed by atoms with van der Waals surface area (Å²) in [4.78, 5) is 17.4. The Bertz CT molecular complexity index is 496. The van der Waals surface area contributed by atoms with Crippen LogP contribution in [-0.4, -0.2) is 46.6 Å². The van der Waals surface area contributed by atoms with Gasteiger partial charge in [0.15, 0.2) is 0 Å². The van der Waals surface area contributed by atoms with Gasteiger partial charge in [-0.15, -0.1) is 0 Å². The molecule has 0 radical (unpaired) electrons. The van der Waals surface area contributed by atoms with Crippen molar-refractivity contribution in [2.45, 2.75) is 38.6 Å². The number of halogens is 1. The van der Waals surface area contributed by atoms with Crippen molar-refractivity contribution in [2.75, 3.05) is 25.0 Å². The number of anilines is 1. The number of nitrogens with one attached hydrogen (secondary N) is 1. The van der Waals surface area contributed by atoms with Gasteiger partial charge in [0.05, 0.1) is 10.6 Å². The first-order valence-electron chi connectivity index (χ1n) is 7.44. The van der Waals surface area contributed by atoms with E-state index in [-0.39, 0.29) is 5.56 Å². The minimum Gasteiger partial charge on any atom is -0.478 e. The van der Waals surface area contributed by atoms with Gasteiger partial charge >= 0.3 is 5.97 Å². The zero-order valence-corrected chi connectivity index (χ0v) is 13.1. The van der Waals surface area contributed by atoms with Crippen molar-refractivity contribution in [1.82, 2.24) is 9.88 Å². The first-order valence-corrected chi connectivity index (χ1v) is 7.82.